The van der Waals surface area contributed by atoms with Crippen molar-refractivity contribution in [2.45, 2.75) is 67.1 Å². The minimum absolute atomic E-state index is 0. The number of hydrogen-bond donors (Lipinski definition) is 1. The summed E-state index contributed by atoms with van der Waals surface area (Å²) in [6.07, 6.45) is 3.97. The molecule has 32 heteroatoms. The van der Waals surface area contributed by atoms with Gasteiger partial charge in [-0.3, -0.25) is 28.1 Å². The number of pyridine rings is 3. The Morgan fingerprint density at radius 1 is 0.438 bits per heavy atom. The van der Waals surface area contributed by atoms with E-state index in [1.54, 1.807) is 102 Å². The van der Waals surface area contributed by atoms with Crippen LogP contribution >= 0.6 is 60.6 Å². The van der Waals surface area contributed by atoms with E-state index in [4.69, 9.17) is 53.4 Å². The first-order chi connectivity index (χ1) is 52.4. The lowest BCUT2D eigenvalue weighted by Gasteiger charge is -2.16. The SMILES string of the molecule is C.Cc1cc(-c2cccc(F)c2)c(Cl)cc1-n1c(=O)ccc2cc(S(=O)(=O)Cc3ccon3)ccc21.Cc1cc(-c2cccc(F)c2)c(Cl)cc1-n1c(=O)ccc2cc(S(=O)(=O)Cc3ccon3)ccc21.Cc1cc(Br)c(Cl)cc1-n1c(=O)cc(C)c2cc(S(=O)(=O)Cc3ccon3)ccc21.O[B]Oc1cccc(F)c1.P. The number of nitrogens with zero attached hydrogens (tertiary/aromatic N) is 6. The van der Waals surface area contributed by atoms with Crippen molar-refractivity contribution in [3.8, 4) is 45.1 Å². The van der Waals surface area contributed by atoms with Crippen molar-refractivity contribution in [2.75, 3.05) is 0 Å². The van der Waals surface area contributed by atoms with Gasteiger partial charge in [0.15, 0.2) is 29.5 Å². The standard InChI is InChI=1S/2C26H18ClFN2O4S.C21H16BrClN2O4S.C6H5BFO2.CH4.H3P/c2*1-16-11-22(17-3-2-4-19(28)12-17)23(27)14-25(16)30-24-7-6-21(13-18(24)5-8-26(30)31)35(32,33)15-20-9-10-34-29-20;1-12-8-21(26)25(20-10-18(23)17(22)7-13(20)2)19-4-3-15(9-16(12)19)30(27,28)11-14-5-6-29-24-14;8-5-2-1-3-6(4-5)10-7-9;;/h2*2-14H,15H2,1H3;3-10H,11H2,1-2H3;1-4,9H;1H4;1H3. The van der Waals surface area contributed by atoms with Crippen molar-refractivity contribution in [3.63, 3.8) is 0 Å². The van der Waals surface area contributed by atoms with Crippen molar-refractivity contribution in [1.29, 1.82) is 0 Å². The van der Waals surface area contributed by atoms with E-state index in [0.717, 1.165) is 21.2 Å². The second-order valence-corrected chi connectivity index (χ2v) is 32.9. The van der Waals surface area contributed by atoms with E-state index in [9.17, 15) is 52.8 Å². The minimum atomic E-state index is -3.68. The zero-order valence-electron chi connectivity index (χ0n) is 58.7. The molecule has 1 N–H and O–H groups in total. The fraction of sp³-hybridized carbons (Fsp3) is 0.100. The van der Waals surface area contributed by atoms with Crippen LogP contribution in [0.3, 0.4) is 0 Å². The third-order valence-corrected chi connectivity index (χ3v) is 24.0. The smallest absolute Gasteiger partial charge is 0.537 e. The Bertz CT molecular complexity index is 6350. The molecule has 15 rings (SSSR count). The normalized spacial score (nSPS) is 11.3. The molecule has 573 valence electrons. The Morgan fingerprint density at radius 2 is 0.821 bits per heavy atom. The van der Waals surface area contributed by atoms with Gasteiger partial charge in [0.05, 0.1) is 80.4 Å². The van der Waals surface area contributed by atoms with Crippen LogP contribution in [0.15, 0.2) is 278 Å². The monoisotopic (exact) mass is 1710 g/mol. The van der Waals surface area contributed by atoms with Crippen LogP contribution in [-0.2, 0) is 46.8 Å². The van der Waals surface area contributed by atoms with Gasteiger partial charge in [-0.2, -0.15) is 9.90 Å². The third kappa shape index (κ3) is 19.0. The van der Waals surface area contributed by atoms with Gasteiger partial charge in [0.1, 0.15) is 59.2 Å². The molecular formula is C80H64BBrCl3F3N6O14PS3. The predicted octanol–water partition coefficient (Wildman–Crippen LogP) is 17.9. The van der Waals surface area contributed by atoms with Crippen LogP contribution in [0.4, 0.5) is 13.2 Å². The van der Waals surface area contributed by atoms with Gasteiger partial charge in [-0.25, -0.2) is 38.4 Å². The van der Waals surface area contributed by atoms with Crippen LogP contribution in [-0.4, -0.2) is 67.1 Å². The molecule has 0 aliphatic rings. The summed E-state index contributed by atoms with van der Waals surface area (Å²) in [7, 11) is -10.5. The van der Waals surface area contributed by atoms with Crippen LogP contribution < -0.4 is 21.3 Å². The first kappa shape index (κ1) is 83.9. The van der Waals surface area contributed by atoms with Gasteiger partial charge in [0.2, 0.25) is 0 Å². The lowest BCUT2D eigenvalue weighted by molar-refractivity contribution is 0.413. The summed E-state index contributed by atoms with van der Waals surface area (Å²) in [5, 5.41) is 22.1. The van der Waals surface area contributed by atoms with E-state index >= 15 is 0 Å². The minimum Gasteiger partial charge on any atom is -0.537 e. The zero-order valence-corrected chi connectivity index (χ0v) is 66.4. The fourth-order valence-electron chi connectivity index (χ4n) is 12.1. The molecule has 6 heterocycles. The van der Waals surface area contributed by atoms with Crippen LogP contribution in [0.2, 0.25) is 15.1 Å². The third-order valence-electron chi connectivity index (χ3n) is 17.3. The molecule has 0 amide bonds. The van der Waals surface area contributed by atoms with Crippen molar-refractivity contribution in [3.05, 3.63) is 339 Å². The fourth-order valence-corrected chi connectivity index (χ4v) is 17.1. The average molecular weight is 1710 g/mol. The van der Waals surface area contributed by atoms with E-state index in [-0.39, 0.29) is 89.1 Å². The maximum absolute atomic E-state index is 13.7. The van der Waals surface area contributed by atoms with Crippen LogP contribution in [0.25, 0.3) is 72.0 Å². The molecule has 1 radical (unpaired) electrons. The van der Waals surface area contributed by atoms with Gasteiger partial charge in [-0.15, -0.1) is 0 Å². The van der Waals surface area contributed by atoms with Crippen LogP contribution in [0, 0.1) is 45.1 Å². The lowest BCUT2D eigenvalue weighted by atomic mass is 10.0. The largest absolute Gasteiger partial charge is 0.569 e. The maximum atomic E-state index is 13.7. The van der Waals surface area contributed by atoms with Gasteiger partial charge >= 0.3 is 7.69 Å². The van der Waals surface area contributed by atoms with Gasteiger partial charge in [-0.05, 0) is 217 Å². The van der Waals surface area contributed by atoms with Crippen molar-refractivity contribution < 1.29 is 61.7 Å². The quantitative estimate of drug-likeness (QED) is 0.0695. The Hall–Kier alpha value is -10.5. The molecule has 20 nitrogen and oxygen atoms in total. The topological polar surface area (TPSA) is 276 Å². The summed E-state index contributed by atoms with van der Waals surface area (Å²) in [6.45, 7) is 7.32. The summed E-state index contributed by atoms with van der Waals surface area (Å²) < 4.78 is 141. The number of sulfone groups is 3. The van der Waals surface area contributed by atoms with E-state index in [1.807, 2.05) is 26.8 Å². The number of halogens is 7. The summed E-state index contributed by atoms with van der Waals surface area (Å²) >= 11 is 22.8. The molecule has 1 atom stereocenters. The van der Waals surface area contributed by atoms with Gasteiger partial charge in [0.25, 0.3) is 16.7 Å². The van der Waals surface area contributed by atoms with Crippen LogP contribution in [0.1, 0.15) is 46.8 Å². The second-order valence-electron chi connectivity index (χ2n) is 24.9. The molecule has 0 saturated carbocycles. The maximum Gasteiger partial charge on any atom is 0.569 e. The molecule has 0 fully saturated rings. The molecular weight excluding hydrogens is 1650 g/mol. The molecule has 9 aromatic carbocycles. The highest BCUT2D eigenvalue weighted by molar-refractivity contribution is 9.10. The van der Waals surface area contributed by atoms with Crippen molar-refractivity contribution in [2.24, 2.45) is 0 Å². The number of aryl methyl sites for hydroxylation is 4. The van der Waals surface area contributed by atoms with Gasteiger partial charge in [-0.1, -0.05) is 88.0 Å². The van der Waals surface area contributed by atoms with Crippen molar-refractivity contribution in [1.82, 2.24) is 29.2 Å². The van der Waals surface area contributed by atoms with E-state index in [0.29, 0.717) is 117 Å². The Labute approximate surface area is 667 Å². The molecule has 1 unspecified atom stereocenters. The highest BCUT2D eigenvalue weighted by Crippen LogP contribution is 2.37. The lowest BCUT2D eigenvalue weighted by Crippen LogP contribution is -2.19. The first-order valence-corrected chi connectivity index (χ1v) is 39.7. The molecule has 112 heavy (non-hydrogen) atoms. The molecule has 15 aromatic rings. The molecule has 0 spiro atoms. The summed E-state index contributed by atoms with van der Waals surface area (Å²) in [5.41, 5.74) is 9.04. The highest BCUT2D eigenvalue weighted by atomic mass is 79.9. The Morgan fingerprint density at radius 3 is 1.22 bits per heavy atom. The van der Waals surface area contributed by atoms with Crippen molar-refractivity contribution >= 4 is 131 Å². The van der Waals surface area contributed by atoms with Gasteiger partial charge < -0.3 is 23.2 Å². The molecule has 0 aliphatic carbocycles. The predicted molar refractivity (Wildman–Crippen MR) is 436 cm³/mol. The van der Waals surface area contributed by atoms with Crippen LogP contribution in [0.5, 0.6) is 5.75 Å². The number of hydrogen-bond acceptors (Lipinski definition) is 17. The molecule has 0 bridgehead atoms. The molecule has 6 aromatic heterocycles. The van der Waals surface area contributed by atoms with E-state index in [1.165, 1.54) is 143 Å². The summed E-state index contributed by atoms with van der Waals surface area (Å²) in [5.74, 6) is -1.73. The molecule has 0 saturated heterocycles. The number of fused-ring (bicyclic) bond motifs is 3. The van der Waals surface area contributed by atoms with E-state index < -0.39 is 29.5 Å². The Kier molecular flexibility index (Phi) is 26.6. The van der Waals surface area contributed by atoms with E-state index in [2.05, 4.69) is 36.1 Å². The summed E-state index contributed by atoms with van der Waals surface area (Å²) in [6, 6.07) is 54.0. The van der Waals surface area contributed by atoms with Gasteiger partial charge in [0, 0.05) is 74.2 Å². The number of benzene rings is 9. The highest BCUT2D eigenvalue weighted by Gasteiger charge is 2.24. The summed E-state index contributed by atoms with van der Waals surface area (Å²) in [4.78, 5) is 39.1. The zero-order chi connectivity index (χ0) is 78.5. The molecule has 0 aliphatic heterocycles. The second kappa shape index (κ2) is 35.5. The number of aromatic nitrogens is 6. The Balaban J connectivity index is 0.000000166. The average Bonchev–Trinajstić information content (AvgIpc) is 1.17. The number of rotatable bonds is 16. The first-order valence-electron chi connectivity index (χ1n) is 32.8.